The summed E-state index contributed by atoms with van der Waals surface area (Å²) < 4.78 is 1.65. The van der Waals surface area contributed by atoms with Gasteiger partial charge < -0.3 is 5.32 Å². The van der Waals surface area contributed by atoms with Crippen molar-refractivity contribution in [3.05, 3.63) is 86.6 Å². The van der Waals surface area contributed by atoms with Crippen LogP contribution in [0.3, 0.4) is 0 Å². The van der Waals surface area contributed by atoms with Gasteiger partial charge in [0.2, 0.25) is 0 Å². The number of carbonyl (C=O) groups excluding carboxylic acids is 1. The number of rotatable bonds is 5. The van der Waals surface area contributed by atoms with Gasteiger partial charge >= 0.3 is 0 Å². The normalized spacial score (nSPS) is 10.5. The predicted octanol–water partition coefficient (Wildman–Crippen LogP) is 4.05. The van der Waals surface area contributed by atoms with Crippen molar-refractivity contribution >= 4 is 29.0 Å². The fourth-order valence-electron chi connectivity index (χ4n) is 2.45. The first-order valence-corrected chi connectivity index (χ1v) is 8.15. The largest absolute Gasteiger partial charge is 0.305 e. The molecule has 0 atom stereocenters. The summed E-state index contributed by atoms with van der Waals surface area (Å²) in [4.78, 5) is 22.8. The van der Waals surface area contributed by atoms with Crippen LogP contribution in [0, 0.1) is 17.0 Å². The van der Waals surface area contributed by atoms with Crippen molar-refractivity contribution < 1.29 is 9.72 Å². The molecule has 3 rings (SSSR count). The van der Waals surface area contributed by atoms with Crippen LogP contribution >= 0.6 is 11.6 Å². The number of aromatic nitrogens is 2. The lowest BCUT2D eigenvalue weighted by molar-refractivity contribution is -0.385. The Bertz CT molecular complexity index is 984. The van der Waals surface area contributed by atoms with E-state index in [0.717, 1.165) is 5.56 Å². The van der Waals surface area contributed by atoms with E-state index in [1.165, 1.54) is 6.07 Å². The number of nitrogens with one attached hydrogen (secondary N) is 1. The Balaban J connectivity index is 1.73. The lowest BCUT2D eigenvalue weighted by atomic mass is 10.1. The Kier molecular flexibility index (Phi) is 4.99. The lowest BCUT2D eigenvalue weighted by Gasteiger charge is -2.05. The molecule has 1 aromatic heterocycles. The molecule has 0 unspecified atom stereocenters. The fourth-order valence-corrected chi connectivity index (χ4v) is 2.65. The second-order valence-corrected chi connectivity index (χ2v) is 6.11. The van der Waals surface area contributed by atoms with Crippen LogP contribution < -0.4 is 5.32 Å². The molecule has 0 aliphatic rings. The molecular formula is C18H15ClN4O3. The Morgan fingerprint density at radius 3 is 2.77 bits per heavy atom. The summed E-state index contributed by atoms with van der Waals surface area (Å²) in [5, 5.41) is 18.6. The number of aryl methyl sites for hydroxylation is 1. The third-order valence-electron chi connectivity index (χ3n) is 3.84. The third kappa shape index (κ3) is 3.89. The van der Waals surface area contributed by atoms with Gasteiger partial charge in [-0.3, -0.25) is 19.6 Å². The van der Waals surface area contributed by atoms with E-state index >= 15 is 0 Å². The maximum absolute atomic E-state index is 12.3. The topological polar surface area (TPSA) is 90.1 Å². The molecule has 1 heterocycles. The molecule has 8 heteroatoms. The van der Waals surface area contributed by atoms with Crippen LogP contribution in [-0.4, -0.2) is 20.6 Å². The van der Waals surface area contributed by atoms with Crippen LogP contribution in [-0.2, 0) is 6.54 Å². The van der Waals surface area contributed by atoms with E-state index in [4.69, 9.17) is 11.6 Å². The van der Waals surface area contributed by atoms with Gasteiger partial charge in [0.25, 0.3) is 11.6 Å². The maximum Gasteiger partial charge on any atom is 0.273 e. The van der Waals surface area contributed by atoms with Crippen molar-refractivity contribution in [2.45, 2.75) is 13.5 Å². The third-order valence-corrected chi connectivity index (χ3v) is 4.21. The molecule has 0 saturated heterocycles. The van der Waals surface area contributed by atoms with E-state index in [0.29, 0.717) is 22.9 Å². The lowest BCUT2D eigenvalue weighted by Crippen LogP contribution is -2.13. The second kappa shape index (κ2) is 7.37. The second-order valence-electron chi connectivity index (χ2n) is 5.70. The number of nitro groups is 1. The monoisotopic (exact) mass is 370 g/mol. The molecule has 1 amide bonds. The number of halogens is 1. The summed E-state index contributed by atoms with van der Waals surface area (Å²) >= 11 is 6.13. The number of anilines is 1. The first kappa shape index (κ1) is 17.6. The van der Waals surface area contributed by atoms with Crippen LogP contribution in [0.4, 0.5) is 11.5 Å². The molecule has 0 bridgehead atoms. The van der Waals surface area contributed by atoms with Gasteiger partial charge in [-0.1, -0.05) is 35.9 Å². The number of amides is 1. The van der Waals surface area contributed by atoms with Gasteiger partial charge in [-0.2, -0.15) is 5.10 Å². The van der Waals surface area contributed by atoms with Crippen LogP contribution in [0.2, 0.25) is 5.02 Å². The molecule has 0 fully saturated rings. The molecule has 26 heavy (non-hydrogen) atoms. The first-order chi connectivity index (χ1) is 12.4. The highest BCUT2D eigenvalue weighted by atomic mass is 35.5. The average Bonchev–Trinajstić information content (AvgIpc) is 3.04. The van der Waals surface area contributed by atoms with Gasteiger partial charge in [-0.25, -0.2) is 0 Å². The zero-order valence-corrected chi connectivity index (χ0v) is 14.6. The van der Waals surface area contributed by atoms with Gasteiger partial charge in [0.05, 0.1) is 11.5 Å². The Labute approximate surface area is 154 Å². The van der Waals surface area contributed by atoms with Crippen molar-refractivity contribution in [2.24, 2.45) is 0 Å². The maximum atomic E-state index is 12.3. The van der Waals surface area contributed by atoms with Crippen molar-refractivity contribution in [3.8, 4) is 0 Å². The standard InChI is InChI=1S/C18H15ClN4O3/c1-12-6-7-13(10-16(12)23(25)26)18(24)20-17-8-9-22(21-17)11-14-4-2-3-5-15(14)19/h2-10H,11H2,1H3,(H,20,21,24). The summed E-state index contributed by atoms with van der Waals surface area (Å²) in [6.07, 6.45) is 1.72. The van der Waals surface area contributed by atoms with Crippen LogP contribution in [0.25, 0.3) is 0 Å². The van der Waals surface area contributed by atoms with E-state index in [1.807, 2.05) is 18.2 Å². The van der Waals surface area contributed by atoms with E-state index in [9.17, 15) is 14.9 Å². The van der Waals surface area contributed by atoms with Gasteiger partial charge in [-0.05, 0) is 24.6 Å². The van der Waals surface area contributed by atoms with E-state index < -0.39 is 10.8 Å². The SMILES string of the molecule is Cc1ccc(C(=O)Nc2ccn(Cc3ccccc3Cl)n2)cc1[N+](=O)[O-]. The minimum atomic E-state index is -0.509. The zero-order chi connectivity index (χ0) is 18.7. The minimum absolute atomic E-state index is 0.0955. The van der Waals surface area contributed by atoms with Crippen LogP contribution in [0.15, 0.2) is 54.7 Å². The van der Waals surface area contributed by atoms with Gasteiger partial charge in [0.1, 0.15) is 0 Å². The molecule has 1 N–H and O–H groups in total. The molecular weight excluding hydrogens is 356 g/mol. The van der Waals surface area contributed by atoms with Crippen LogP contribution in [0.1, 0.15) is 21.5 Å². The predicted molar refractivity (Wildman–Crippen MR) is 98.6 cm³/mol. The molecule has 0 radical (unpaired) electrons. The average molecular weight is 371 g/mol. The summed E-state index contributed by atoms with van der Waals surface area (Å²) in [5.41, 5.74) is 1.50. The molecule has 7 nitrogen and oxygen atoms in total. The number of hydrogen-bond donors (Lipinski definition) is 1. The number of nitrogens with zero attached hydrogens (tertiary/aromatic N) is 3. The van der Waals surface area contributed by atoms with Gasteiger partial charge in [-0.15, -0.1) is 0 Å². The van der Waals surface area contributed by atoms with Gasteiger partial charge in [0, 0.05) is 34.5 Å². The van der Waals surface area contributed by atoms with Crippen molar-refractivity contribution in [2.75, 3.05) is 5.32 Å². The van der Waals surface area contributed by atoms with Crippen molar-refractivity contribution in [3.63, 3.8) is 0 Å². The highest BCUT2D eigenvalue weighted by molar-refractivity contribution is 6.31. The smallest absolute Gasteiger partial charge is 0.273 e. The number of hydrogen-bond acceptors (Lipinski definition) is 4. The summed E-state index contributed by atoms with van der Waals surface area (Å²) in [6.45, 7) is 2.09. The summed E-state index contributed by atoms with van der Waals surface area (Å²) in [7, 11) is 0. The molecule has 2 aromatic carbocycles. The Hall–Kier alpha value is -3.19. The Morgan fingerprint density at radius 2 is 2.04 bits per heavy atom. The van der Waals surface area contributed by atoms with Crippen molar-refractivity contribution in [1.29, 1.82) is 0 Å². The fraction of sp³-hybridized carbons (Fsp3) is 0.111. The highest BCUT2D eigenvalue weighted by Gasteiger charge is 2.15. The van der Waals surface area contributed by atoms with E-state index in [2.05, 4.69) is 10.4 Å². The number of nitro benzene ring substituents is 1. The van der Waals surface area contributed by atoms with E-state index in [-0.39, 0.29) is 11.3 Å². The molecule has 0 saturated carbocycles. The molecule has 0 spiro atoms. The van der Waals surface area contributed by atoms with Crippen molar-refractivity contribution in [1.82, 2.24) is 9.78 Å². The highest BCUT2D eigenvalue weighted by Crippen LogP contribution is 2.20. The minimum Gasteiger partial charge on any atom is -0.305 e. The van der Waals surface area contributed by atoms with E-state index in [1.54, 1.807) is 42.1 Å². The number of benzene rings is 2. The van der Waals surface area contributed by atoms with Crippen LogP contribution in [0.5, 0.6) is 0 Å². The number of carbonyl (C=O) groups is 1. The zero-order valence-electron chi connectivity index (χ0n) is 13.8. The molecule has 3 aromatic rings. The molecule has 132 valence electrons. The quantitative estimate of drug-likeness (QED) is 0.541. The summed E-state index contributed by atoms with van der Waals surface area (Å²) in [5.74, 6) is -0.110. The van der Waals surface area contributed by atoms with Gasteiger partial charge in [0.15, 0.2) is 5.82 Å². The Morgan fingerprint density at radius 1 is 1.27 bits per heavy atom. The summed E-state index contributed by atoms with van der Waals surface area (Å²) in [6, 6.07) is 13.4. The molecule has 0 aliphatic heterocycles. The first-order valence-electron chi connectivity index (χ1n) is 7.77. The molecule has 0 aliphatic carbocycles.